The van der Waals surface area contributed by atoms with Gasteiger partial charge in [-0.3, -0.25) is 0 Å². The fourth-order valence-corrected chi connectivity index (χ4v) is 3.35. The monoisotopic (exact) mass is 390 g/mol. The zero-order valence-electron chi connectivity index (χ0n) is 15.8. The van der Waals surface area contributed by atoms with Crippen LogP contribution in [0, 0.1) is 0 Å². The van der Waals surface area contributed by atoms with Crippen molar-refractivity contribution in [3.8, 4) is 0 Å². The minimum Gasteiger partial charge on any atom is -0.466 e. The number of aromatic nitrogens is 3. The Morgan fingerprint density at radius 1 is 0.966 bits per heavy atom. The lowest BCUT2D eigenvalue weighted by atomic mass is 9.92. The van der Waals surface area contributed by atoms with Crippen LogP contribution in [0.4, 0.5) is 5.95 Å². The number of hydrogen-bond acceptors (Lipinski definition) is 7. The molecule has 3 aromatic rings. The molecule has 4 rings (SSSR count). The first kappa shape index (κ1) is 18.4. The summed E-state index contributed by atoms with van der Waals surface area (Å²) in [6.45, 7) is 0. The second-order valence-electron chi connectivity index (χ2n) is 6.32. The third-order valence-corrected chi connectivity index (χ3v) is 4.71. The lowest BCUT2D eigenvalue weighted by Gasteiger charge is -2.29. The van der Waals surface area contributed by atoms with Gasteiger partial charge in [-0.2, -0.15) is 10.1 Å². The predicted octanol–water partition coefficient (Wildman–Crippen LogP) is 2.66. The van der Waals surface area contributed by atoms with Crippen LogP contribution >= 0.6 is 0 Å². The number of fused-ring (bicyclic) bond motifs is 1. The number of esters is 2. The third-order valence-electron chi connectivity index (χ3n) is 4.71. The molecule has 0 aliphatic carbocycles. The van der Waals surface area contributed by atoms with Crippen molar-refractivity contribution in [3.05, 3.63) is 83.2 Å². The van der Waals surface area contributed by atoms with Gasteiger partial charge < -0.3 is 14.8 Å². The Bertz CT molecular complexity index is 1090. The molecule has 2 aromatic carbocycles. The molecule has 1 atom stereocenters. The summed E-state index contributed by atoms with van der Waals surface area (Å²) in [5, 5.41) is 7.48. The molecule has 1 N–H and O–H groups in total. The molecule has 2 heterocycles. The average molecular weight is 390 g/mol. The largest absolute Gasteiger partial charge is 0.466 e. The number of rotatable bonds is 4. The van der Waals surface area contributed by atoms with Gasteiger partial charge in [-0.1, -0.05) is 42.5 Å². The predicted molar refractivity (Wildman–Crippen MR) is 105 cm³/mol. The van der Waals surface area contributed by atoms with Gasteiger partial charge in [-0.05, 0) is 23.3 Å². The highest BCUT2D eigenvalue weighted by atomic mass is 16.5. The fourth-order valence-electron chi connectivity index (χ4n) is 3.35. The van der Waals surface area contributed by atoms with E-state index in [1.54, 1.807) is 28.9 Å². The smallest absolute Gasteiger partial charge is 0.338 e. The average Bonchev–Trinajstić information content (AvgIpc) is 3.26. The third kappa shape index (κ3) is 3.25. The molecule has 0 unspecified atom stereocenters. The molecule has 0 fully saturated rings. The van der Waals surface area contributed by atoms with Gasteiger partial charge >= 0.3 is 11.9 Å². The van der Waals surface area contributed by atoms with Crippen LogP contribution < -0.4 is 5.32 Å². The molecular weight excluding hydrogens is 372 g/mol. The molecule has 0 saturated carbocycles. The SMILES string of the molecule is COC(=O)C1=C(c2ccccc2)Nc2ncnn2[C@@H]1c1ccc(C(=O)OC)cc1. The Balaban J connectivity index is 1.90. The van der Waals surface area contributed by atoms with Gasteiger partial charge in [0, 0.05) is 0 Å². The van der Waals surface area contributed by atoms with E-state index in [4.69, 9.17) is 9.47 Å². The van der Waals surface area contributed by atoms with Crippen LogP contribution in [0.15, 0.2) is 66.5 Å². The Kier molecular flexibility index (Phi) is 4.82. The van der Waals surface area contributed by atoms with Gasteiger partial charge in [0.05, 0.1) is 31.1 Å². The maximum Gasteiger partial charge on any atom is 0.338 e. The van der Waals surface area contributed by atoms with E-state index < -0.39 is 18.0 Å². The van der Waals surface area contributed by atoms with Crippen LogP contribution in [0.1, 0.15) is 27.5 Å². The van der Waals surface area contributed by atoms with Crippen LogP contribution in [-0.2, 0) is 14.3 Å². The van der Waals surface area contributed by atoms with Crippen LogP contribution in [-0.4, -0.2) is 40.9 Å². The molecule has 1 aliphatic rings. The maximum atomic E-state index is 12.8. The number of benzene rings is 2. The number of anilines is 1. The van der Waals surface area contributed by atoms with Gasteiger partial charge in [-0.15, -0.1) is 0 Å². The normalized spacial score (nSPS) is 15.3. The first-order valence-electron chi connectivity index (χ1n) is 8.86. The Labute approximate surface area is 166 Å². The van der Waals surface area contributed by atoms with E-state index in [-0.39, 0.29) is 0 Å². The van der Waals surface area contributed by atoms with Crippen molar-refractivity contribution in [2.75, 3.05) is 19.5 Å². The number of ether oxygens (including phenoxy) is 2. The summed E-state index contributed by atoms with van der Waals surface area (Å²) in [4.78, 5) is 28.9. The van der Waals surface area contributed by atoms with Gasteiger partial charge in [0.25, 0.3) is 0 Å². The highest BCUT2D eigenvalue weighted by molar-refractivity contribution is 6.02. The minimum absolute atomic E-state index is 0.391. The minimum atomic E-state index is -0.580. The van der Waals surface area contributed by atoms with Crippen LogP contribution in [0.3, 0.4) is 0 Å². The number of nitrogens with one attached hydrogen (secondary N) is 1. The number of nitrogens with zero attached hydrogens (tertiary/aromatic N) is 3. The highest BCUT2D eigenvalue weighted by Crippen LogP contribution is 2.38. The van der Waals surface area contributed by atoms with Crippen LogP contribution in [0.5, 0.6) is 0 Å². The van der Waals surface area contributed by atoms with E-state index in [1.807, 2.05) is 30.3 Å². The van der Waals surface area contributed by atoms with E-state index >= 15 is 0 Å². The van der Waals surface area contributed by atoms with Gasteiger partial charge in [0.1, 0.15) is 12.4 Å². The second kappa shape index (κ2) is 7.59. The molecule has 146 valence electrons. The summed E-state index contributed by atoms with van der Waals surface area (Å²) < 4.78 is 11.5. The van der Waals surface area contributed by atoms with Gasteiger partial charge in [-0.25, -0.2) is 14.3 Å². The zero-order chi connectivity index (χ0) is 20.4. The van der Waals surface area contributed by atoms with Crippen molar-refractivity contribution in [2.45, 2.75) is 6.04 Å². The van der Waals surface area contributed by atoms with E-state index in [1.165, 1.54) is 20.5 Å². The lowest BCUT2D eigenvalue weighted by molar-refractivity contribution is -0.136. The van der Waals surface area contributed by atoms with Crippen LogP contribution in [0.25, 0.3) is 5.70 Å². The van der Waals surface area contributed by atoms with Gasteiger partial charge in [0.2, 0.25) is 5.95 Å². The molecule has 1 aliphatic heterocycles. The number of carbonyl (C=O) groups is 2. The molecule has 0 saturated heterocycles. The number of hydrogen-bond donors (Lipinski definition) is 1. The first-order chi connectivity index (χ1) is 14.1. The first-order valence-corrected chi connectivity index (χ1v) is 8.86. The van der Waals surface area contributed by atoms with Crippen LogP contribution in [0.2, 0.25) is 0 Å². The molecule has 0 radical (unpaired) electrons. The summed E-state index contributed by atoms with van der Waals surface area (Å²) in [6, 6.07) is 15.7. The molecule has 0 spiro atoms. The number of methoxy groups -OCH3 is 2. The van der Waals surface area contributed by atoms with E-state index in [9.17, 15) is 9.59 Å². The second-order valence-corrected chi connectivity index (χ2v) is 6.32. The Morgan fingerprint density at radius 3 is 2.31 bits per heavy atom. The summed E-state index contributed by atoms with van der Waals surface area (Å²) in [5.41, 5.74) is 2.97. The number of carbonyl (C=O) groups excluding carboxylic acids is 2. The molecule has 29 heavy (non-hydrogen) atoms. The molecule has 0 bridgehead atoms. The van der Waals surface area contributed by atoms with Crippen molar-refractivity contribution in [3.63, 3.8) is 0 Å². The fraction of sp³-hybridized carbons (Fsp3) is 0.143. The topological polar surface area (TPSA) is 95.3 Å². The molecule has 1 aromatic heterocycles. The standard InChI is InChI=1S/C21H18N4O4/c1-28-19(26)15-10-8-14(9-11-15)18-16(20(27)29-2)17(13-6-4-3-5-7-13)24-21-22-12-23-25(18)21/h3-12,18H,1-2H3,(H,22,23,24)/t18-/m1/s1. The van der Waals surface area contributed by atoms with E-state index in [2.05, 4.69) is 15.4 Å². The molecule has 8 nitrogen and oxygen atoms in total. The summed E-state index contributed by atoms with van der Waals surface area (Å²) >= 11 is 0. The summed E-state index contributed by atoms with van der Waals surface area (Å²) in [5.74, 6) is -0.421. The van der Waals surface area contributed by atoms with Crippen molar-refractivity contribution < 1.29 is 19.1 Å². The van der Waals surface area contributed by atoms with E-state index in [0.29, 0.717) is 22.8 Å². The molecule has 0 amide bonds. The van der Waals surface area contributed by atoms with Gasteiger partial charge in [0.15, 0.2) is 0 Å². The van der Waals surface area contributed by atoms with Crippen molar-refractivity contribution in [1.29, 1.82) is 0 Å². The quantitative estimate of drug-likeness (QED) is 0.684. The summed E-state index contributed by atoms with van der Waals surface area (Å²) in [6.07, 6.45) is 1.42. The Morgan fingerprint density at radius 2 is 1.66 bits per heavy atom. The molecule has 8 heteroatoms. The van der Waals surface area contributed by atoms with Crippen molar-refractivity contribution >= 4 is 23.6 Å². The van der Waals surface area contributed by atoms with Crippen molar-refractivity contribution in [1.82, 2.24) is 14.8 Å². The summed E-state index contributed by atoms with van der Waals surface area (Å²) in [7, 11) is 2.67. The van der Waals surface area contributed by atoms with E-state index in [0.717, 1.165) is 11.1 Å². The zero-order valence-corrected chi connectivity index (χ0v) is 15.8. The maximum absolute atomic E-state index is 12.8. The van der Waals surface area contributed by atoms with Crippen molar-refractivity contribution in [2.24, 2.45) is 0 Å². The lowest BCUT2D eigenvalue weighted by Crippen LogP contribution is -2.29. The Hall–Kier alpha value is -3.94. The highest BCUT2D eigenvalue weighted by Gasteiger charge is 2.36. The molecular formula is C21H18N4O4.